The summed E-state index contributed by atoms with van der Waals surface area (Å²) in [6.07, 6.45) is -7.88. The third kappa shape index (κ3) is 2.72. The molecule has 0 bridgehead atoms. The third-order valence-electron chi connectivity index (χ3n) is 2.49. The molecule has 0 fully saturated rings. The van der Waals surface area contributed by atoms with Gasteiger partial charge in [0.2, 0.25) is 0 Å². The van der Waals surface area contributed by atoms with E-state index in [2.05, 4.69) is 5.10 Å². The lowest BCUT2D eigenvalue weighted by molar-refractivity contribution is -0.137. The van der Waals surface area contributed by atoms with Gasteiger partial charge in [-0.3, -0.25) is 4.79 Å². The summed E-state index contributed by atoms with van der Waals surface area (Å²) in [7, 11) is 0. The highest BCUT2D eigenvalue weighted by Crippen LogP contribution is 2.31. The number of carbonyl (C=O) groups excluding carboxylic acids is 1. The van der Waals surface area contributed by atoms with Gasteiger partial charge in [-0.15, -0.1) is 0 Å². The molecule has 1 aliphatic rings. The van der Waals surface area contributed by atoms with Crippen LogP contribution in [0.3, 0.4) is 0 Å². The van der Waals surface area contributed by atoms with Gasteiger partial charge in [-0.1, -0.05) is 0 Å². The van der Waals surface area contributed by atoms with E-state index in [0.29, 0.717) is 5.01 Å². The van der Waals surface area contributed by atoms with Crippen LogP contribution in [-0.2, 0) is 11.0 Å². The van der Waals surface area contributed by atoms with Crippen LogP contribution in [0.5, 0.6) is 0 Å². The van der Waals surface area contributed by atoms with Crippen LogP contribution in [0.1, 0.15) is 12.0 Å². The summed E-state index contributed by atoms with van der Waals surface area (Å²) < 4.78 is 61.7. The summed E-state index contributed by atoms with van der Waals surface area (Å²) in [6.45, 7) is 0. The Morgan fingerprint density at radius 3 is 2.16 bits per heavy atom. The number of anilines is 1. The van der Waals surface area contributed by atoms with Gasteiger partial charge in [0.1, 0.15) is 5.71 Å². The molecule has 1 aromatic carbocycles. The number of hydrazone groups is 1. The number of alkyl halides is 5. The molecule has 8 heteroatoms. The van der Waals surface area contributed by atoms with Gasteiger partial charge in [-0.2, -0.15) is 18.3 Å². The lowest BCUT2D eigenvalue weighted by atomic mass is 10.2. The Bertz CT molecular complexity index is 521. The van der Waals surface area contributed by atoms with Crippen molar-refractivity contribution in [2.24, 2.45) is 5.10 Å². The summed E-state index contributed by atoms with van der Waals surface area (Å²) in [6, 6.07) is 3.55. The molecule has 19 heavy (non-hydrogen) atoms. The normalized spacial score (nSPS) is 16.2. The van der Waals surface area contributed by atoms with Gasteiger partial charge in [0.05, 0.1) is 17.7 Å². The molecular weight excluding hydrogens is 271 g/mol. The topological polar surface area (TPSA) is 32.7 Å². The van der Waals surface area contributed by atoms with E-state index in [4.69, 9.17) is 0 Å². The van der Waals surface area contributed by atoms with Crippen molar-refractivity contribution < 1.29 is 26.7 Å². The Balaban J connectivity index is 2.26. The van der Waals surface area contributed by atoms with Crippen molar-refractivity contribution in [3.8, 4) is 0 Å². The van der Waals surface area contributed by atoms with Crippen LogP contribution < -0.4 is 5.01 Å². The smallest absolute Gasteiger partial charge is 0.272 e. The maximum Gasteiger partial charge on any atom is 0.416 e. The molecule has 0 aromatic heterocycles. The predicted octanol–water partition coefficient (Wildman–Crippen LogP) is 3.06. The molecule has 102 valence electrons. The number of nitrogens with zero attached hydrogens (tertiary/aromatic N) is 2. The van der Waals surface area contributed by atoms with Crippen LogP contribution in [0.2, 0.25) is 0 Å². The Morgan fingerprint density at radius 1 is 1.16 bits per heavy atom. The first kappa shape index (κ1) is 13.4. The number of benzene rings is 1. The fourth-order valence-electron chi connectivity index (χ4n) is 1.56. The Morgan fingerprint density at radius 2 is 1.74 bits per heavy atom. The highest BCUT2D eigenvalue weighted by Gasteiger charge is 2.32. The third-order valence-corrected chi connectivity index (χ3v) is 2.49. The summed E-state index contributed by atoms with van der Waals surface area (Å²) in [5.74, 6) is -0.699. The minimum atomic E-state index is -4.50. The summed E-state index contributed by atoms with van der Waals surface area (Å²) in [4.78, 5) is 11.4. The van der Waals surface area contributed by atoms with Crippen LogP contribution in [0, 0.1) is 0 Å². The molecule has 0 saturated carbocycles. The second-order valence-corrected chi connectivity index (χ2v) is 3.82. The van der Waals surface area contributed by atoms with Gasteiger partial charge in [0, 0.05) is 0 Å². The SMILES string of the molecule is O=C1CC(C(F)F)=NN1c1ccc(C(F)(F)F)cc1. The Kier molecular flexibility index (Phi) is 3.25. The van der Waals surface area contributed by atoms with Gasteiger partial charge in [-0.05, 0) is 24.3 Å². The standard InChI is InChI=1S/C11H7F5N2O/c12-10(13)8-5-9(19)18(17-8)7-3-1-6(2-4-7)11(14,15)16/h1-4,10H,5H2. The second kappa shape index (κ2) is 4.60. The van der Waals surface area contributed by atoms with E-state index in [1.165, 1.54) is 0 Å². The van der Waals surface area contributed by atoms with E-state index < -0.39 is 36.2 Å². The Hall–Kier alpha value is -1.99. The molecule has 0 radical (unpaired) electrons. The van der Waals surface area contributed by atoms with Crippen LogP contribution in [-0.4, -0.2) is 18.0 Å². The van der Waals surface area contributed by atoms with E-state index in [9.17, 15) is 26.7 Å². The van der Waals surface area contributed by atoms with E-state index in [1.807, 2.05) is 0 Å². The number of hydrogen-bond donors (Lipinski definition) is 0. The van der Waals surface area contributed by atoms with Crippen LogP contribution in [0.15, 0.2) is 29.4 Å². The lowest BCUT2D eigenvalue weighted by Crippen LogP contribution is -2.19. The molecule has 0 atom stereocenters. The van der Waals surface area contributed by atoms with Gasteiger partial charge in [0.25, 0.3) is 12.3 Å². The average molecular weight is 278 g/mol. The van der Waals surface area contributed by atoms with Crippen molar-refractivity contribution in [1.29, 1.82) is 0 Å². The summed E-state index contributed by atoms with van der Waals surface area (Å²) in [5.41, 5.74) is -1.46. The molecule has 0 aliphatic carbocycles. The number of hydrogen-bond acceptors (Lipinski definition) is 2. The largest absolute Gasteiger partial charge is 0.416 e. The van der Waals surface area contributed by atoms with Crippen LogP contribution >= 0.6 is 0 Å². The monoisotopic (exact) mass is 278 g/mol. The molecule has 1 heterocycles. The fraction of sp³-hybridized carbons (Fsp3) is 0.273. The fourth-order valence-corrected chi connectivity index (χ4v) is 1.56. The van der Waals surface area contributed by atoms with Gasteiger partial charge >= 0.3 is 6.18 Å². The number of rotatable bonds is 2. The molecule has 0 unspecified atom stereocenters. The average Bonchev–Trinajstić information content (AvgIpc) is 2.70. The van der Waals surface area contributed by atoms with Gasteiger partial charge < -0.3 is 0 Å². The zero-order chi connectivity index (χ0) is 14.2. The number of carbonyl (C=O) groups is 1. The maximum atomic E-state index is 12.4. The molecule has 0 N–H and O–H groups in total. The molecule has 0 spiro atoms. The van der Waals surface area contributed by atoms with Crippen molar-refractivity contribution in [2.45, 2.75) is 19.0 Å². The van der Waals surface area contributed by atoms with Crippen molar-refractivity contribution >= 4 is 17.3 Å². The van der Waals surface area contributed by atoms with Crippen molar-refractivity contribution in [2.75, 3.05) is 5.01 Å². The van der Waals surface area contributed by atoms with E-state index in [-0.39, 0.29) is 5.69 Å². The van der Waals surface area contributed by atoms with Crippen molar-refractivity contribution in [3.63, 3.8) is 0 Å². The molecule has 3 nitrogen and oxygen atoms in total. The zero-order valence-corrected chi connectivity index (χ0v) is 9.29. The van der Waals surface area contributed by atoms with E-state index in [0.717, 1.165) is 24.3 Å². The summed E-state index contributed by atoms with van der Waals surface area (Å²) in [5, 5.41) is 4.08. The maximum absolute atomic E-state index is 12.4. The summed E-state index contributed by atoms with van der Waals surface area (Å²) >= 11 is 0. The first-order chi connectivity index (χ1) is 8.79. The van der Waals surface area contributed by atoms with Crippen molar-refractivity contribution in [1.82, 2.24) is 0 Å². The molecular formula is C11H7F5N2O. The molecule has 2 rings (SSSR count). The second-order valence-electron chi connectivity index (χ2n) is 3.82. The van der Waals surface area contributed by atoms with E-state index >= 15 is 0 Å². The predicted molar refractivity (Wildman–Crippen MR) is 57.0 cm³/mol. The van der Waals surface area contributed by atoms with Gasteiger partial charge in [-0.25, -0.2) is 13.8 Å². The first-order valence-electron chi connectivity index (χ1n) is 5.15. The van der Waals surface area contributed by atoms with Gasteiger partial charge in [0.15, 0.2) is 0 Å². The highest BCUT2D eigenvalue weighted by atomic mass is 19.4. The molecule has 1 aliphatic heterocycles. The molecule has 1 amide bonds. The Labute approximate surface area is 104 Å². The van der Waals surface area contributed by atoms with Crippen LogP contribution in [0.4, 0.5) is 27.6 Å². The van der Waals surface area contributed by atoms with Crippen LogP contribution in [0.25, 0.3) is 0 Å². The van der Waals surface area contributed by atoms with E-state index in [1.54, 1.807) is 0 Å². The first-order valence-corrected chi connectivity index (χ1v) is 5.15. The van der Waals surface area contributed by atoms with Crippen molar-refractivity contribution in [3.05, 3.63) is 29.8 Å². The number of halogens is 5. The lowest BCUT2D eigenvalue weighted by Gasteiger charge is -2.13. The molecule has 1 aromatic rings. The number of amides is 1. The highest BCUT2D eigenvalue weighted by molar-refractivity contribution is 6.14. The zero-order valence-electron chi connectivity index (χ0n) is 9.29. The minimum Gasteiger partial charge on any atom is -0.272 e. The quantitative estimate of drug-likeness (QED) is 0.765. The molecule has 0 saturated heterocycles. The minimum absolute atomic E-state index is 0.0219.